The van der Waals surface area contributed by atoms with E-state index >= 15 is 0 Å². The van der Waals surface area contributed by atoms with E-state index in [4.69, 9.17) is 4.74 Å². The van der Waals surface area contributed by atoms with Crippen LogP contribution >= 0.6 is 0 Å². The molecule has 6 rings (SSSR count). The summed E-state index contributed by atoms with van der Waals surface area (Å²) in [6, 6.07) is 7.34. The van der Waals surface area contributed by atoms with Crippen LogP contribution in [0.2, 0.25) is 0 Å². The number of benzene rings is 1. The van der Waals surface area contributed by atoms with Crippen molar-refractivity contribution in [3.63, 3.8) is 0 Å². The van der Waals surface area contributed by atoms with Gasteiger partial charge >= 0.3 is 5.97 Å². The Morgan fingerprint density at radius 1 is 1.02 bits per heavy atom. The molecule has 8 nitrogen and oxygen atoms in total. The molecule has 228 valence electrons. The molecule has 1 aromatic rings. The van der Waals surface area contributed by atoms with Crippen molar-refractivity contribution in [3.05, 3.63) is 47.0 Å². The van der Waals surface area contributed by atoms with Gasteiger partial charge in [-0.3, -0.25) is 14.5 Å². The second-order valence-corrected chi connectivity index (χ2v) is 14.3. The van der Waals surface area contributed by atoms with Crippen LogP contribution < -0.4 is 0 Å². The summed E-state index contributed by atoms with van der Waals surface area (Å²) in [6.07, 6.45) is 5.37. The Labute approximate surface area is 249 Å². The average molecular weight is 579 g/mol. The summed E-state index contributed by atoms with van der Waals surface area (Å²) in [6.45, 7) is 8.60. The molecule has 0 radical (unpaired) electrons. The highest BCUT2D eigenvalue weighted by Gasteiger charge is 2.68. The molecule has 1 heterocycles. The standard InChI is InChI=1S/C34H46N2O6/c1-32-12-10-25(37)18-24(32)8-9-26-27-11-13-34(41,33(27,2)19-28(38)30(26)32)29(39)21-42-31(40)23-6-4-22(5-7-23)20-36-16-14-35(3)15-17-36/h4-7,18,26-28,30,38,41H,8-17,19-21H2,1-3H3/t26?,27?,28?,30?,32?,33?,34-/m0/s1. The Morgan fingerprint density at radius 2 is 1.74 bits per heavy atom. The van der Waals surface area contributed by atoms with Gasteiger partial charge in [0.05, 0.1) is 11.7 Å². The fraction of sp³-hybridized carbons (Fsp3) is 0.676. The van der Waals surface area contributed by atoms with Crippen LogP contribution in [0.25, 0.3) is 0 Å². The minimum Gasteiger partial charge on any atom is -0.454 e. The maximum absolute atomic E-state index is 13.6. The third-order valence-electron chi connectivity index (χ3n) is 12.0. The van der Waals surface area contributed by atoms with Gasteiger partial charge in [-0.25, -0.2) is 4.79 Å². The molecule has 2 N–H and O–H groups in total. The monoisotopic (exact) mass is 578 g/mol. The fourth-order valence-corrected chi connectivity index (χ4v) is 9.49. The van der Waals surface area contributed by atoms with E-state index in [0.717, 1.165) is 63.1 Å². The van der Waals surface area contributed by atoms with Gasteiger partial charge in [-0.15, -0.1) is 0 Å². The first-order valence-electron chi connectivity index (χ1n) is 15.8. The third kappa shape index (κ3) is 4.88. The number of likely N-dealkylation sites (N-methyl/N-ethyl adjacent to an activating group) is 1. The molecular formula is C34H46N2O6. The molecule has 4 aliphatic carbocycles. The molecular weight excluding hydrogens is 532 g/mol. The summed E-state index contributed by atoms with van der Waals surface area (Å²) in [5, 5.41) is 23.5. The Kier molecular flexibility index (Phi) is 7.74. The molecule has 3 saturated carbocycles. The molecule has 0 amide bonds. The van der Waals surface area contributed by atoms with Crippen LogP contribution in [0.1, 0.15) is 74.7 Å². The Bertz CT molecular complexity index is 1270. The number of ether oxygens (including phenoxy) is 1. The number of rotatable bonds is 6. The van der Waals surface area contributed by atoms with E-state index in [9.17, 15) is 24.6 Å². The largest absolute Gasteiger partial charge is 0.454 e. The predicted molar refractivity (Wildman–Crippen MR) is 158 cm³/mol. The lowest BCUT2D eigenvalue weighted by Gasteiger charge is -2.60. The zero-order valence-electron chi connectivity index (χ0n) is 25.3. The lowest BCUT2D eigenvalue weighted by Crippen LogP contribution is -2.62. The summed E-state index contributed by atoms with van der Waals surface area (Å²) < 4.78 is 5.46. The molecule has 0 aromatic heterocycles. The first-order valence-corrected chi connectivity index (χ1v) is 15.8. The number of carbonyl (C=O) groups excluding carboxylic acids is 3. The normalized spacial score (nSPS) is 38.7. The van der Waals surface area contributed by atoms with E-state index in [1.807, 2.05) is 25.1 Å². The molecule has 6 unspecified atom stereocenters. The van der Waals surface area contributed by atoms with Gasteiger partial charge < -0.3 is 19.8 Å². The molecule has 1 aromatic carbocycles. The zero-order chi connectivity index (χ0) is 29.9. The van der Waals surface area contributed by atoms with Crippen molar-refractivity contribution in [2.75, 3.05) is 39.8 Å². The maximum Gasteiger partial charge on any atom is 0.338 e. The van der Waals surface area contributed by atoms with Crippen molar-refractivity contribution in [1.29, 1.82) is 0 Å². The van der Waals surface area contributed by atoms with E-state index in [-0.39, 0.29) is 29.0 Å². The van der Waals surface area contributed by atoms with Gasteiger partial charge in [0.15, 0.2) is 12.4 Å². The number of fused-ring (bicyclic) bond motifs is 5. The predicted octanol–water partition coefficient (Wildman–Crippen LogP) is 3.39. The maximum atomic E-state index is 13.6. The summed E-state index contributed by atoms with van der Waals surface area (Å²) in [7, 11) is 2.13. The Balaban J connectivity index is 1.10. The number of aliphatic hydroxyl groups is 2. The smallest absolute Gasteiger partial charge is 0.338 e. The molecule has 7 atom stereocenters. The van der Waals surface area contributed by atoms with Gasteiger partial charge in [0.1, 0.15) is 5.60 Å². The molecule has 0 bridgehead atoms. The molecule has 42 heavy (non-hydrogen) atoms. The highest BCUT2D eigenvalue weighted by atomic mass is 16.5. The zero-order valence-corrected chi connectivity index (χ0v) is 25.3. The minimum absolute atomic E-state index is 0.0122. The number of aliphatic hydroxyl groups excluding tert-OH is 1. The van der Waals surface area contributed by atoms with Crippen molar-refractivity contribution in [1.82, 2.24) is 9.80 Å². The Morgan fingerprint density at radius 3 is 2.45 bits per heavy atom. The highest BCUT2D eigenvalue weighted by molar-refractivity contribution is 5.94. The Hall–Kier alpha value is -2.39. The van der Waals surface area contributed by atoms with Crippen LogP contribution in [-0.2, 0) is 20.9 Å². The van der Waals surface area contributed by atoms with E-state index < -0.39 is 35.5 Å². The summed E-state index contributed by atoms with van der Waals surface area (Å²) in [5.41, 5.74) is -0.0166. The minimum atomic E-state index is -1.66. The fourth-order valence-electron chi connectivity index (χ4n) is 9.49. The van der Waals surface area contributed by atoms with Gasteiger partial charge in [0, 0.05) is 44.6 Å². The first-order chi connectivity index (χ1) is 19.9. The van der Waals surface area contributed by atoms with E-state index in [0.29, 0.717) is 31.2 Å². The van der Waals surface area contributed by atoms with Crippen molar-refractivity contribution in [3.8, 4) is 0 Å². The van der Waals surface area contributed by atoms with Crippen LogP contribution in [0.4, 0.5) is 0 Å². The van der Waals surface area contributed by atoms with Gasteiger partial charge in [-0.05, 0) is 92.5 Å². The van der Waals surface area contributed by atoms with Crippen LogP contribution in [0.15, 0.2) is 35.9 Å². The number of nitrogens with zero attached hydrogens (tertiary/aromatic N) is 2. The number of carbonyl (C=O) groups is 3. The van der Waals surface area contributed by atoms with E-state index in [2.05, 4.69) is 23.8 Å². The number of ketones is 2. The lowest BCUT2D eigenvalue weighted by molar-refractivity contribution is -0.182. The van der Waals surface area contributed by atoms with Crippen molar-refractivity contribution in [2.24, 2.45) is 28.6 Å². The number of Topliss-reactive ketones (excluding diaryl/α,β-unsaturated/α-hetero) is 1. The number of piperazine rings is 1. The van der Waals surface area contributed by atoms with Crippen LogP contribution in [0.3, 0.4) is 0 Å². The number of allylic oxidation sites excluding steroid dienone is 1. The first kappa shape index (κ1) is 29.7. The summed E-state index contributed by atoms with van der Waals surface area (Å²) >= 11 is 0. The number of hydrogen-bond donors (Lipinski definition) is 2. The van der Waals surface area contributed by atoms with Crippen molar-refractivity contribution in [2.45, 2.75) is 77.0 Å². The van der Waals surface area contributed by atoms with Crippen molar-refractivity contribution >= 4 is 17.5 Å². The molecule has 1 saturated heterocycles. The van der Waals surface area contributed by atoms with Gasteiger partial charge in [-0.2, -0.15) is 0 Å². The number of hydrogen-bond acceptors (Lipinski definition) is 8. The topological polar surface area (TPSA) is 107 Å². The summed E-state index contributed by atoms with van der Waals surface area (Å²) in [5.74, 6) is -0.620. The quantitative estimate of drug-likeness (QED) is 0.495. The van der Waals surface area contributed by atoms with Crippen LogP contribution in [-0.4, -0.2) is 89.1 Å². The highest BCUT2D eigenvalue weighted by Crippen LogP contribution is 2.67. The second kappa shape index (κ2) is 11.0. The SMILES string of the molecule is CN1CCN(Cc2ccc(C(=O)OCC(=O)[C@@]3(O)CCC4C5CCC6=CC(=O)CCC6(C)C5C(O)CC43C)cc2)CC1. The van der Waals surface area contributed by atoms with Crippen LogP contribution in [0, 0.1) is 28.6 Å². The molecule has 5 aliphatic rings. The third-order valence-corrected chi connectivity index (χ3v) is 12.0. The molecule has 8 heteroatoms. The van der Waals surface area contributed by atoms with Gasteiger partial charge in [0.25, 0.3) is 0 Å². The average Bonchev–Trinajstić information content (AvgIpc) is 3.24. The summed E-state index contributed by atoms with van der Waals surface area (Å²) in [4.78, 5) is 43.3. The molecule has 1 aliphatic heterocycles. The van der Waals surface area contributed by atoms with Gasteiger partial charge in [-0.1, -0.05) is 31.6 Å². The number of esters is 1. The van der Waals surface area contributed by atoms with E-state index in [1.54, 1.807) is 12.1 Å². The van der Waals surface area contributed by atoms with Crippen molar-refractivity contribution < 1.29 is 29.3 Å². The van der Waals surface area contributed by atoms with Gasteiger partial charge in [0.2, 0.25) is 5.78 Å². The lowest BCUT2D eigenvalue weighted by atomic mass is 9.45. The van der Waals surface area contributed by atoms with E-state index in [1.165, 1.54) is 0 Å². The molecule has 4 fully saturated rings. The second-order valence-electron chi connectivity index (χ2n) is 14.3. The molecule has 0 spiro atoms. The van der Waals surface area contributed by atoms with Crippen LogP contribution in [0.5, 0.6) is 0 Å².